The largest absolute Gasteiger partial charge is 0.358 e. The van der Waals surface area contributed by atoms with Crippen LogP contribution < -0.4 is 10.6 Å². The molecule has 0 fully saturated rings. The summed E-state index contributed by atoms with van der Waals surface area (Å²) in [5.74, 6) is -0.0706. The van der Waals surface area contributed by atoms with Crippen LogP contribution >= 0.6 is 12.2 Å². The summed E-state index contributed by atoms with van der Waals surface area (Å²) in [5, 5.41) is 6.46. The van der Waals surface area contributed by atoms with E-state index in [9.17, 15) is 4.79 Å². The average molecular weight is 338 g/mol. The first-order valence-corrected chi connectivity index (χ1v) is 8.22. The molecule has 4 heteroatoms. The maximum atomic E-state index is 12.1. The van der Waals surface area contributed by atoms with Crippen molar-refractivity contribution in [1.82, 2.24) is 0 Å². The van der Waals surface area contributed by atoms with Gasteiger partial charge >= 0.3 is 0 Å². The molecule has 0 aliphatic rings. The molecule has 24 heavy (non-hydrogen) atoms. The van der Waals surface area contributed by atoms with Gasteiger partial charge in [0.15, 0.2) is 5.78 Å². The fourth-order valence-corrected chi connectivity index (χ4v) is 2.87. The van der Waals surface area contributed by atoms with Crippen molar-refractivity contribution >= 4 is 34.4 Å². The van der Waals surface area contributed by atoms with Crippen LogP contribution in [0.15, 0.2) is 59.8 Å². The number of allylic oxidation sites excluding steroid dienone is 1. The zero-order valence-electron chi connectivity index (χ0n) is 14.4. The lowest BCUT2D eigenvalue weighted by Crippen LogP contribution is -2.20. The minimum Gasteiger partial charge on any atom is -0.358 e. The van der Waals surface area contributed by atoms with Crippen LogP contribution in [0.1, 0.15) is 25.0 Å². The lowest BCUT2D eigenvalue weighted by atomic mass is 10.1. The molecule has 0 saturated heterocycles. The topological polar surface area (TPSA) is 41.1 Å². The molecule has 0 aromatic heterocycles. The van der Waals surface area contributed by atoms with Crippen molar-refractivity contribution in [2.45, 2.75) is 27.7 Å². The molecule has 0 aliphatic heterocycles. The number of thiocarbonyl (C=S) groups is 1. The molecule has 3 nitrogen and oxygen atoms in total. The molecule has 0 saturated carbocycles. The third kappa shape index (κ3) is 4.30. The van der Waals surface area contributed by atoms with E-state index < -0.39 is 0 Å². The van der Waals surface area contributed by atoms with Gasteiger partial charge in [0.2, 0.25) is 0 Å². The molecule has 2 aromatic carbocycles. The van der Waals surface area contributed by atoms with Crippen molar-refractivity contribution in [2.24, 2.45) is 0 Å². The molecule has 0 unspecified atom stereocenters. The molecule has 0 aliphatic carbocycles. The summed E-state index contributed by atoms with van der Waals surface area (Å²) in [6.45, 7) is 7.52. The summed E-state index contributed by atoms with van der Waals surface area (Å²) in [7, 11) is 0. The van der Waals surface area contributed by atoms with E-state index in [2.05, 4.69) is 30.5 Å². The number of ketones is 1. The van der Waals surface area contributed by atoms with Gasteiger partial charge in [0.25, 0.3) is 0 Å². The van der Waals surface area contributed by atoms with E-state index in [1.54, 1.807) is 0 Å². The molecular formula is C20H22N2OS. The molecule has 0 amide bonds. The highest BCUT2D eigenvalue weighted by molar-refractivity contribution is 7.81. The summed E-state index contributed by atoms with van der Waals surface area (Å²) >= 11 is 5.45. The Morgan fingerprint density at radius 1 is 0.917 bits per heavy atom. The van der Waals surface area contributed by atoms with Gasteiger partial charge in [0.05, 0.1) is 5.57 Å². The maximum Gasteiger partial charge on any atom is 0.164 e. The first-order valence-electron chi connectivity index (χ1n) is 7.81. The highest BCUT2D eigenvalue weighted by atomic mass is 32.1. The number of rotatable bonds is 5. The second-order valence-corrected chi connectivity index (χ2v) is 6.16. The van der Waals surface area contributed by atoms with Gasteiger partial charge in [0, 0.05) is 17.1 Å². The molecule has 124 valence electrons. The first-order chi connectivity index (χ1) is 11.4. The zero-order valence-corrected chi connectivity index (χ0v) is 15.3. The third-order valence-electron chi connectivity index (χ3n) is 3.91. The maximum absolute atomic E-state index is 12.1. The van der Waals surface area contributed by atoms with Crippen LogP contribution in [0.25, 0.3) is 0 Å². The van der Waals surface area contributed by atoms with Crippen LogP contribution in [-0.2, 0) is 4.79 Å². The molecule has 0 radical (unpaired) electrons. The van der Waals surface area contributed by atoms with Crippen LogP contribution in [0.3, 0.4) is 0 Å². The SMILES string of the molecule is CC(=O)/C(C(=S)Nc1ccccc1)=C(/C)Nc1cccc(C)c1C. The molecule has 0 heterocycles. The number of nitrogens with one attached hydrogen (secondary N) is 2. The number of Topliss-reactive ketones (excluding diaryl/α,β-unsaturated/α-hetero) is 1. The van der Waals surface area contributed by atoms with Gasteiger partial charge in [-0.05, 0) is 57.0 Å². The molecular weight excluding hydrogens is 316 g/mol. The molecule has 2 aromatic rings. The molecule has 0 atom stereocenters. The van der Waals surface area contributed by atoms with E-state index in [0.717, 1.165) is 22.6 Å². The van der Waals surface area contributed by atoms with Crippen molar-refractivity contribution in [2.75, 3.05) is 10.6 Å². The second-order valence-electron chi connectivity index (χ2n) is 5.75. The highest BCUT2D eigenvalue weighted by Crippen LogP contribution is 2.21. The normalized spacial score (nSPS) is 11.5. The number of anilines is 2. The van der Waals surface area contributed by atoms with Gasteiger partial charge in [-0.2, -0.15) is 0 Å². The molecule has 2 N–H and O–H groups in total. The summed E-state index contributed by atoms with van der Waals surface area (Å²) in [5.41, 5.74) is 5.43. The monoisotopic (exact) mass is 338 g/mol. The highest BCUT2D eigenvalue weighted by Gasteiger charge is 2.15. The summed E-state index contributed by atoms with van der Waals surface area (Å²) in [6, 6.07) is 15.7. The van der Waals surface area contributed by atoms with E-state index >= 15 is 0 Å². The predicted molar refractivity (Wildman–Crippen MR) is 106 cm³/mol. The Hall–Kier alpha value is -2.46. The van der Waals surface area contributed by atoms with Crippen molar-refractivity contribution < 1.29 is 4.79 Å². The summed E-state index contributed by atoms with van der Waals surface area (Å²) in [4.78, 5) is 12.6. The van der Waals surface area contributed by atoms with E-state index in [1.165, 1.54) is 12.5 Å². The third-order valence-corrected chi connectivity index (χ3v) is 4.22. The number of hydrogen-bond donors (Lipinski definition) is 2. The van der Waals surface area contributed by atoms with Crippen molar-refractivity contribution in [3.05, 3.63) is 70.9 Å². The molecule has 0 bridgehead atoms. The van der Waals surface area contributed by atoms with Gasteiger partial charge < -0.3 is 10.6 Å². The Balaban J connectivity index is 2.30. The Morgan fingerprint density at radius 3 is 2.21 bits per heavy atom. The van der Waals surface area contributed by atoms with Gasteiger partial charge in [-0.3, -0.25) is 4.79 Å². The van der Waals surface area contributed by atoms with E-state index in [1.807, 2.05) is 49.4 Å². The van der Waals surface area contributed by atoms with Crippen LogP contribution in [0, 0.1) is 13.8 Å². The smallest absolute Gasteiger partial charge is 0.164 e. The zero-order chi connectivity index (χ0) is 17.7. The summed E-state index contributed by atoms with van der Waals surface area (Å²) in [6.07, 6.45) is 0. The van der Waals surface area contributed by atoms with Crippen molar-refractivity contribution in [1.29, 1.82) is 0 Å². The average Bonchev–Trinajstić information content (AvgIpc) is 2.52. The number of para-hydroxylation sites is 1. The van der Waals surface area contributed by atoms with E-state index in [0.29, 0.717) is 10.6 Å². The Kier molecular flexibility index (Phi) is 5.88. The van der Waals surface area contributed by atoms with E-state index in [-0.39, 0.29) is 5.78 Å². The number of carbonyl (C=O) groups is 1. The minimum absolute atomic E-state index is 0.0706. The Morgan fingerprint density at radius 2 is 1.58 bits per heavy atom. The van der Waals surface area contributed by atoms with Crippen LogP contribution in [0.5, 0.6) is 0 Å². The van der Waals surface area contributed by atoms with Crippen LogP contribution in [0.4, 0.5) is 11.4 Å². The summed E-state index contributed by atoms with van der Waals surface area (Å²) < 4.78 is 0. The molecule has 0 spiro atoms. The standard InChI is InChI=1S/C20H22N2OS/c1-13-9-8-12-18(14(13)2)21-15(3)19(16(4)23)20(24)22-17-10-6-5-7-11-17/h5-12,21H,1-4H3,(H,22,24)/b19-15+. The minimum atomic E-state index is -0.0706. The predicted octanol–water partition coefficient (Wildman–Crippen LogP) is 5.02. The lowest BCUT2D eigenvalue weighted by Gasteiger charge is -2.16. The number of hydrogen-bond acceptors (Lipinski definition) is 3. The van der Waals surface area contributed by atoms with Gasteiger partial charge in [-0.15, -0.1) is 0 Å². The van der Waals surface area contributed by atoms with E-state index in [4.69, 9.17) is 12.2 Å². The van der Waals surface area contributed by atoms with Gasteiger partial charge in [-0.25, -0.2) is 0 Å². The first kappa shape index (κ1) is 17.9. The lowest BCUT2D eigenvalue weighted by molar-refractivity contribution is -0.113. The van der Waals surface area contributed by atoms with Crippen LogP contribution in [-0.4, -0.2) is 10.8 Å². The quantitative estimate of drug-likeness (QED) is 0.593. The Bertz CT molecular complexity index is 795. The van der Waals surface area contributed by atoms with Gasteiger partial charge in [0.1, 0.15) is 4.99 Å². The van der Waals surface area contributed by atoms with Gasteiger partial charge in [-0.1, -0.05) is 42.5 Å². The van der Waals surface area contributed by atoms with Crippen molar-refractivity contribution in [3.63, 3.8) is 0 Å². The Labute approximate surface area is 148 Å². The fourth-order valence-electron chi connectivity index (χ4n) is 2.46. The second kappa shape index (κ2) is 7.88. The number of benzene rings is 2. The number of aryl methyl sites for hydroxylation is 1. The van der Waals surface area contributed by atoms with Crippen LogP contribution in [0.2, 0.25) is 0 Å². The number of carbonyl (C=O) groups excluding carboxylic acids is 1. The fraction of sp³-hybridized carbons (Fsp3) is 0.200. The molecule has 2 rings (SSSR count). The van der Waals surface area contributed by atoms with Crippen molar-refractivity contribution in [3.8, 4) is 0 Å².